The number of amides is 1. The van der Waals surface area contributed by atoms with Crippen molar-refractivity contribution in [3.8, 4) is 0 Å². The quantitative estimate of drug-likeness (QED) is 0.633. The lowest BCUT2D eigenvalue weighted by Crippen LogP contribution is -2.50. The maximum atomic E-state index is 14.4. The number of benzene rings is 2. The molecule has 0 saturated heterocycles. The highest BCUT2D eigenvalue weighted by atomic mass is 32.2. The molecule has 0 radical (unpaired) electrons. The molecule has 3 aromatic rings. The van der Waals surface area contributed by atoms with Crippen LogP contribution in [0.3, 0.4) is 0 Å². The zero-order valence-electron chi connectivity index (χ0n) is 16.4. The molecule has 1 aromatic heterocycles. The average Bonchev–Trinajstić information content (AvgIpc) is 3.52. The van der Waals surface area contributed by atoms with Crippen LogP contribution in [0.4, 0.5) is 9.52 Å². The van der Waals surface area contributed by atoms with E-state index in [-0.39, 0.29) is 13.0 Å². The Balaban J connectivity index is 1.49. The first-order valence-electron chi connectivity index (χ1n) is 9.91. The van der Waals surface area contributed by atoms with E-state index in [0.717, 1.165) is 39.3 Å². The Hall–Kier alpha value is -2.69. The fourth-order valence-electron chi connectivity index (χ4n) is 3.72. The van der Waals surface area contributed by atoms with Gasteiger partial charge < -0.3 is 0 Å². The van der Waals surface area contributed by atoms with E-state index in [1.165, 1.54) is 29.5 Å². The first-order valence-corrected chi connectivity index (χ1v) is 12.2. The third-order valence-electron chi connectivity index (χ3n) is 5.53. The molecular formula is C21H19FN4O3S2. The average molecular weight is 459 g/mol. The van der Waals surface area contributed by atoms with E-state index < -0.39 is 32.7 Å². The lowest BCUT2D eigenvalue weighted by molar-refractivity contribution is -0.120. The van der Waals surface area contributed by atoms with Crippen molar-refractivity contribution in [2.24, 2.45) is 0 Å². The van der Waals surface area contributed by atoms with Gasteiger partial charge in [0.15, 0.2) is 0 Å². The topological polar surface area (TPSA) is 92.3 Å². The van der Waals surface area contributed by atoms with E-state index in [9.17, 15) is 17.6 Å². The number of hydrogen-bond donors (Lipinski definition) is 1. The summed E-state index contributed by atoms with van der Waals surface area (Å²) in [5.41, 5.74) is 1.68. The molecule has 5 rings (SSSR count). The molecular weight excluding hydrogens is 439 g/mol. The van der Waals surface area contributed by atoms with Crippen LogP contribution in [0.15, 0.2) is 53.4 Å². The number of anilines is 1. The molecule has 10 heteroatoms. The molecule has 0 spiro atoms. The van der Waals surface area contributed by atoms with Gasteiger partial charge in [0, 0.05) is 12.5 Å². The van der Waals surface area contributed by atoms with E-state index >= 15 is 0 Å². The van der Waals surface area contributed by atoms with E-state index in [4.69, 9.17) is 0 Å². The highest BCUT2D eigenvalue weighted by Gasteiger charge is 2.41. The van der Waals surface area contributed by atoms with Gasteiger partial charge in [-0.3, -0.25) is 10.1 Å². The monoisotopic (exact) mass is 458 g/mol. The van der Waals surface area contributed by atoms with Gasteiger partial charge >= 0.3 is 0 Å². The number of fused-ring (bicyclic) bond motifs is 1. The van der Waals surface area contributed by atoms with Crippen molar-refractivity contribution in [3.05, 3.63) is 70.5 Å². The minimum atomic E-state index is -4.26. The molecule has 2 heterocycles. The summed E-state index contributed by atoms with van der Waals surface area (Å²) in [5, 5.41) is 12.1. The molecule has 0 bridgehead atoms. The molecule has 1 atom stereocenters. The largest absolute Gasteiger partial charge is 0.299 e. The second-order valence-electron chi connectivity index (χ2n) is 7.68. The van der Waals surface area contributed by atoms with Crippen molar-refractivity contribution < 1.29 is 17.6 Å². The summed E-state index contributed by atoms with van der Waals surface area (Å²) in [6.45, 7) is -0.0195. The number of aromatic nitrogens is 2. The van der Waals surface area contributed by atoms with Gasteiger partial charge in [-0.2, -0.15) is 4.31 Å². The summed E-state index contributed by atoms with van der Waals surface area (Å²) < 4.78 is 42.2. The smallest absolute Gasteiger partial charge is 0.247 e. The Kier molecular flexibility index (Phi) is 5.07. The fraction of sp³-hybridized carbons (Fsp3) is 0.286. The summed E-state index contributed by atoms with van der Waals surface area (Å²) in [6.07, 6.45) is 2.32. The van der Waals surface area contributed by atoms with Gasteiger partial charge in [0.1, 0.15) is 21.8 Å². The van der Waals surface area contributed by atoms with Crippen LogP contribution in [0, 0.1) is 5.82 Å². The maximum absolute atomic E-state index is 14.4. The van der Waals surface area contributed by atoms with E-state index in [2.05, 4.69) is 15.5 Å². The van der Waals surface area contributed by atoms with Crippen LogP contribution in [0.25, 0.3) is 0 Å². The van der Waals surface area contributed by atoms with E-state index in [1.807, 2.05) is 24.3 Å². The number of nitrogens with zero attached hydrogens (tertiary/aromatic N) is 3. The molecule has 2 aromatic carbocycles. The molecule has 1 aliphatic heterocycles. The van der Waals surface area contributed by atoms with Crippen molar-refractivity contribution in [2.75, 3.05) is 5.32 Å². The number of carbonyl (C=O) groups excluding carboxylic acids is 1. The lowest BCUT2D eigenvalue weighted by Gasteiger charge is -2.34. The molecule has 160 valence electrons. The number of nitrogens with one attached hydrogen (secondary N) is 1. The minimum Gasteiger partial charge on any atom is -0.299 e. The Morgan fingerprint density at radius 3 is 2.52 bits per heavy atom. The van der Waals surface area contributed by atoms with Gasteiger partial charge in [-0.25, -0.2) is 12.8 Å². The van der Waals surface area contributed by atoms with Gasteiger partial charge in [-0.15, -0.1) is 10.2 Å². The predicted octanol–water partition coefficient (Wildman–Crippen LogP) is 3.31. The van der Waals surface area contributed by atoms with Crippen LogP contribution >= 0.6 is 11.3 Å². The van der Waals surface area contributed by atoms with Crippen LogP contribution < -0.4 is 5.32 Å². The van der Waals surface area contributed by atoms with Crippen LogP contribution in [0.1, 0.15) is 34.9 Å². The zero-order valence-corrected chi connectivity index (χ0v) is 18.0. The standard InChI is InChI=1S/C21H19FN4O3S2/c22-16-7-3-4-8-18(16)31(28,29)26-12-15-6-2-1-5-14(15)11-17(26)19(27)23-21-25-24-20(30-21)13-9-10-13/h1-8,13,17H,9-12H2,(H,23,25,27)/t17-/m1/s1. The van der Waals surface area contributed by atoms with Crippen molar-refractivity contribution in [1.29, 1.82) is 0 Å². The normalized spacial score (nSPS) is 19.1. The number of carbonyl (C=O) groups is 1. The lowest BCUT2D eigenvalue weighted by atomic mass is 9.95. The highest BCUT2D eigenvalue weighted by Crippen LogP contribution is 2.42. The van der Waals surface area contributed by atoms with E-state index in [0.29, 0.717) is 11.0 Å². The minimum absolute atomic E-state index is 0.0195. The van der Waals surface area contributed by atoms with Crippen LogP contribution in [0.5, 0.6) is 0 Å². The SMILES string of the molecule is O=C(Nc1nnc(C2CC2)s1)[C@H]1Cc2ccccc2CN1S(=O)(=O)c1ccccc1F. The summed E-state index contributed by atoms with van der Waals surface area (Å²) in [5.74, 6) is -0.950. The summed E-state index contributed by atoms with van der Waals surface area (Å²) in [6, 6.07) is 11.5. The Morgan fingerprint density at radius 1 is 1.06 bits per heavy atom. The molecule has 1 aliphatic carbocycles. The Morgan fingerprint density at radius 2 is 1.77 bits per heavy atom. The maximum Gasteiger partial charge on any atom is 0.247 e. The van der Waals surface area contributed by atoms with E-state index in [1.54, 1.807) is 0 Å². The van der Waals surface area contributed by atoms with Gasteiger partial charge in [0.25, 0.3) is 0 Å². The van der Waals surface area contributed by atoms with Crippen molar-refractivity contribution >= 4 is 32.4 Å². The number of hydrogen-bond acceptors (Lipinski definition) is 6. The van der Waals surface area contributed by atoms with Crippen LogP contribution in [-0.2, 0) is 27.8 Å². The number of halogens is 1. The third kappa shape index (κ3) is 3.86. The van der Waals surface area contributed by atoms with Gasteiger partial charge in [-0.1, -0.05) is 47.7 Å². The van der Waals surface area contributed by atoms with Gasteiger partial charge in [-0.05, 0) is 42.5 Å². The first-order chi connectivity index (χ1) is 14.9. The molecule has 7 nitrogen and oxygen atoms in total. The molecule has 1 saturated carbocycles. The predicted molar refractivity (Wildman–Crippen MR) is 114 cm³/mol. The van der Waals surface area contributed by atoms with Crippen molar-refractivity contribution in [2.45, 2.75) is 42.7 Å². The molecule has 31 heavy (non-hydrogen) atoms. The second-order valence-corrected chi connectivity index (χ2v) is 10.5. The molecule has 0 unspecified atom stereocenters. The molecule has 1 fully saturated rings. The second kappa shape index (κ2) is 7.77. The Bertz CT molecular complexity index is 1260. The first kappa shape index (κ1) is 20.2. The zero-order chi connectivity index (χ0) is 21.6. The Labute approximate surface area is 183 Å². The van der Waals surface area contributed by atoms with Crippen LogP contribution in [-0.4, -0.2) is 34.9 Å². The number of rotatable bonds is 5. The molecule has 1 N–H and O–H groups in total. The molecule has 2 aliphatic rings. The van der Waals surface area contributed by atoms with Gasteiger partial charge in [0.2, 0.25) is 21.1 Å². The summed E-state index contributed by atoms with van der Waals surface area (Å²) in [7, 11) is -4.26. The number of sulfonamides is 1. The van der Waals surface area contributed by atoms with Crippen molar-refractivity contribution in [3.63, 3.8) is 0 Å². The summed E-state index contributed by atoms with van der Waals surface area (Å²) in [4.78, 5) is 12.7. The van der Waals surface area contributed by atoms with Gasteiger partial charge in [0.05, 0.1) is 0 Å². The summed E-state index contributed by atoms with van der Waals surface area (Å²) >= 11 is 1.31. The fourth-order valence-corrected chi connectivity index (χ4v) is 6.27. The van der Waals surface area contributed by atoms with Crippen molar-refractivity contribution in [1.82, 2.24) is 14.5 Å². The molecule has 1 amide bonds. The van der Waals surface area contributed by atoms with Crippen LogP contribution in [0.2, 0.25) is 0 Å². The highest BCUT2D eigenvalue weighted by molar-refractivity contribution is 7.89. The third-order valence-corrected chi connectivity index (χ3v) is 8.42.